The van der Waals surface area contributed by atoms with Gasteiger partial charge < -0.3 is 9.80 Å². The predicted octanol–water partition coefficient (Wildman–Crippen LogP) is 13.3. The van der Waals surface area contributed by atoms with E-state index in [-0.39, 0.29) is 0 Å². The molecule has 0 fully saturated rings. The van der Waals surface area contributed by atoms with Crippen molar-refractivity contribution in [1.29, 1.82) is 0 Å². The van der Waals surface area contributed by atoms with Gasteiger partial charge in [-0.3, -0.25) is 0 Å². The fourth-order valence-electron chi connectivity index (χ4n) is 4.86. The molecule has 0 N–H and O–H groups in total. The van der Waals surface area contributed by atoms with Crippen molar-refractivity contribution in [2.45, 2.75) is 0 Å². The molecule has 6 rings (SSSR count). The van der Waals surface area contributed by atoms with E-state index in [1.165, 1.54) is 0 Å². The zero-order chi connectivity index (χ0) is 29.1. The topological polar surface area (TPSA) is 6.48 Å². The summed E-state index contributed by atoms with van der Waals surface area (Å²) in [7, 11) is 0. The van der Waals surface area contributed by atoms with E-state index >= 15 is 0 Å². The van der Waals surface area contributed by atoms with E-state index in [9.17, 15) is 0 Å². The Hall–Kier alpha value is -3.16. The van der Waals surface area contributed by atoms with Crippen molar-refractivity contribution in [2.24, 2.45) is 0 Å². The Balaban J connectivity index is 1.31. The first-order valence-corrected chi connectivity index (χ1v) is 16.4. The van der Waals surface area contributed by atoms with Gasteiger partial charge in [-0.1, -0.05) is 88.0 Å². The minimum Gasteiger partial charge on any atom is -0.311 e. The third-order valence-corrected chi connectivity index (χ3v) is 9.04. The second kappa shape index (κ2) is 13.0. The van der Waals surface area contributed by atoms with Gasteiger partial charge in [0, 0.05) is 52.0 Å². The van der Waals surface area contributed by atoms with Crippen LogP contribution < -0.4 is 9.80 Å². The molecule has 0 bridgehead atoms. The minimum atomic E-state index is 1.06. The SMILES string of the molecule is Brc1ccc(N(c2ccc(Br)cc2)c2ccc(-c3ccc(N(c4ccc(Br)cc4)c4ccc(Br)cc4)cc3)cc2)cc1. The van der Waals surface area contributed by atoms with Gasteiger partial charge in [-0.05, 0) is 132 Å². The van der Waals surface area contributed by atoms with E-state index in [2.05, 4.69) is 219 Å². The van der Waals surface area contributed by atoms with Crippen LogP contribution in [0.25, 0.3) is 11.1 Å². The zero-order valence-corrected chi connectivity index (χ0v) is 28.6. The molecule has 6 heteroatoms. The first kappa shape index (κ1) is 28.9. The summed E-state index contributed by atoms with van der Waals surface area (Å²) in [6.07, 6.45) is 0. The Labute approximate surface area is 280 Å². The maximum Gasteiger partial charge on any atom is 0.0462 e. The number of hydrogen-bond acceptors (Lipinski definition) is 2. The van der Waals surface area contributed by atoms with Gasteiger partial charge >= 0.3 is 0 Å². The maximum absolute atomic E-state index is 3.57. The average molecular weight is 804 g/mol. The summed E-state index contributed by atoms with van der Waals surface area (Å²) in [5.74, 6) is 0. The van der Waals surface area contributed by atoms with Crippen LogP contribution in [0.1, 0.15) is 0 Å². The lowest BCUT2D eigenvalue weighted by Crippen LogP contribution is -2.10. The van der Waals surface area contributed by atoms with Crippen molar-refractivity contribution < 1.29 is 0 Å². The van der Waals surface area contributed by atoms with Crippen molar-refractivity contribution in [3.63, 3.8) is 0 Å². The summed E-state index contributed by atoms with van der Waals surface area (Å²) in [6, 6.07) is 51.1. The van der Waals surface area contributed by atoms with Crippen LogP contribution in [-0.2, 0) is 0 Å². The van der Waals surface area contributed by atoms with Gasteiger partial charge in [0.15, 0.2) is 0 Å². The van der Waals surface area contributed by atoms with Crippen molar-refractivity contribution in [2.75, 3.05) is 9.80 Å². The highest BCUT2D eigenvalue weighted by Crippen LogP contribution is 2.39. The summed E-state index contributed by atoms with van der Waals surface area (Å²) in [6.45, 7) is 0. The molecule has 0 aromatic heterocycles. The van der Waals surface area contributed by atoms with E-state index in [0.717, 1.165) is 63.1 Å². The van der Waals surface area contributed by atoms with Gasteiger partial charge in [0.25, 0.3) is 0 Å². The number of halogens is 4. The number of hydrogen-bond donors (Lipinski definition) is 0. The third kappa shape index (κ3) is 6.57. The summed E-state index contributed by atoms with van der Waals surface area (Å²) in [5.41, 5.74) is 8.90. The Bertz CT molecular complexity index is 1540. The molecule has 0 atom stereocenters. The van der Waals surface area contributed by atoms with Crippen LogP contribution in [0.5, 0.6) is 0 Å². The molecule has 0 amide bonds. The smallest absolute Gasteiger partial charge is 0.0462 e. The molecule has 0 aliphatic carbocycles. The molecular formula is C36H24Br4N2. The number of benzene rings is 6. The Morgan fingerprint density at radius 2 is 0.405 bits per heavy atom. The molecule has 0 saturated heterocycles. The van der Waals surface area contributed by atoms with E-state index < -0.39 is 0 Å². The van der Waals surface area contributed by atoms with Crippen molar-refractivity contribution in [3.8, 4) is 11.1 Å². The van der Waals surface area contributed by atoms with Gasteiger partial charge in [0.05, 0.1) is 0 Å². The third-order valence-electron chi connectivity index (χ3n) is 6.92. The monoisotopic (exact) mass is 800 g/mol. The molecule has 6 aromatic rings. The van der Waals surface area contributed by atoms with E-state index in [0.29, 0.717) is 0 Å². The molecule has 206 valence electrons. The summed E-state index contributed by atoms with van der Waals surface area (Å²) >= 11 is 14.3. The molecule has 0 radical (unpaired) electrons. The molecule has 0 heterocycles. The van der Waals surface area contributed by atoms with Gasteiger partial charge in [-0.15, -0.1) is 0 Å². The first-order valence-electron chi connectivity index (χ1n) is 13.3. The summed E-state index contributed by atoms with van der Waals surface area (Å²) < 4.78 is 4.22. The Kier molecular flexibility index (Phi) is 8.96. The molecule has 2 nitrogen and oxygen atoms in total. The summed E-state index contributed by atoms with van der Waals surface area (Å²) in [5, 5.41) is 0. The Morgan fingerprint density at radius 3 is 0.595 bits per heavy atom. The molecule has 0 unspecified atom stereocenters. The van der Waals surface area contributed by atoms with Gasteiger partial charge in [-0.25, -0.2) is 0 Å². The van der Waals surface area contributed by atoms with Crippen LogP contribution in [0.4, 0.5) is 34.1 Å². The summed E-state index contributed by atoms with van der Waals surface area (Å²) in [4.78, 5) is 4.53. The van der Waals surface area contributed by atoms with Crippen LogP contribution in [0, 0.1) is 0 Å². The molecule has 0 aliphatic heterocycles. The maximum atomic E-state index is 3.57. The molecular weight excluding hydrogens is 780 g/mol. The molecule has 0 spiro atoms. The van der Waals surface area contributed by atoms with Crippen LogP contribution in [0.2, 0.25) is 0 Å². The number of rotatable bonds is 7. The lowest BCUT2D eigenvalue weighted by Gasteiger charge is -2.26. The highest BCUT2D eigenvalue weighted by Gasteiger charge is 2.15. The molecule has 42 heavy (non-hydrogen) atoms. The molecule has 0 saturated carbocycles. The molecule has 0 aliphatic rings. The van der Waals surface area contributed by atoms with Gasteiger partial charge in [0.2, 0.25) is 0 Å². The van der Waals surface area contributed by atoms with Crippen LogP contribution >= 0.6 is 63.7 Å². The standard InChI is InChI=1S/C36H24Br4N2/c37-27-5-17-33(18-6-27)41(34-19-7-28(38)8-20-34)31-13-1-25(2-14-31)26-3-15-32(16-4-26)42(35-21-9-29(39)10-22-35)36-23-11-30(40)12-24-36/h1-24H. The van der Waals surface area contributed by atoms with Crippen molar-refractivity contribution in [3.05, 3.63) is 163 Å². The van der Waals surface area contributed by atoms with Crippen molar-refractivity contribution >= 4 is 97.8 Å². The number of nitrogens with zero attached hydrogens (tertiary/aromatic N) is 2. The Morgan fingerprint density at radius 1 is 0.238 bits per heavy atom. The van der Waals surface area contributed by atoms with Crippen LogP contribution in [0.15, 0.2) is 163 Å². The van der Waals surface area contributed by atoms with E-state index in [4.69, 9.17) is 0 Å². The van der Waals surface area contributed by atoms with Gasteiger partial charge in [-0.2, -0.15) is 0 Å². The quantitative estimate of drug-likeness (QED) is 0.159. The fraction of sp³-hybridized carbons (Fsp3) is 0. The largest absolute Gasteiger partial charge is 0.311 e. The first-order chi connectivity index (χ1) is 20.4. The van der Waals surface area contributed by atoms with E-state index in [1.54, 1.807) is 0 Å². The normalized spacial score (nSPS) is 10.9. The fourth-order valence-corrected chi connectivity index (χ4v) is 5.92. The second-order valence-corrected chi connectivity index (χ2v) is 13.3. The number of anilines is 6. The highest BCUT2D eigenvalue weighted by atomic mass is 79.9. The van der Waals surface area contributed by atoms with E-state index in [1.807, 2.05) is 0 Å². The highest BCUT2D eigenvalue weighted by molar-refractivity contribution is 9.11. The predicted molar refractivity (Wildman–Crippen MR) is 192 cm³/mol. The lowest BCUT2D eigenvalue weighted by atomic mass is 10.0. The average Bonchev–Trinajstić information content (AvgIpc) is 3.02. The van der Waals surface area contributed by atoms with Crippen LogP contribution in [0.3, 0.4) is 0 Å². The zero-order valence-electron chi connectivity index (χ0n) is 22.3. The van der Waals surface area contributed by atoms with Crippen molar-refractivity contribution in [1.82, 2.24) is 0 Å². The lowest BCUT2D eigenvalue weighted by molar-refractivity contribution is 1.27. The van der Waals surface area contributed by atoms with Gasteiger partial charge in [0.1, 0.15) is 0 Å². The molecule has 6 aromatic carbocycles. The minimum absolute atomic E-state index is 1.06. The second-order valence-electron chi connectivity index (χ2n) is 9.67. The van der Waals surface area contributed by atoms with Crippen LogP contribution in [-0.4, -0.2) is 0 Å².